The minimum absolute atomic E-state index is 0.842. The van der Waals surface area contributed by atoms with Gasteiger partial charge in [0.2, 0.25) is 0 Å². The second-order valence-corrected chi connectivity index (χ2v) is 3.65. The van der Waals surface area contributed by atoms with Gasteiger partial charge in [0, 0.05) is 12.2 Å². The summed E-state index contributed by atoms with van der Waals surface area (Å²) in [5.74, 6) is 0. The van der Waals surface area contributed by atoms with Crippen molar-refractivity contribution >= 4 is 0 Å². The van der Waals surface area contributed by atoms with Crippen LogP contribution in [0.2, 0.25) is 0 Å². The Morgan fingerprint density at radius 1 is 1.50 bits per heavy atom. The van der Waals surface area contributed by atoms with Gasteiger partial charge in [-0.25, -0.2) is 0 Å². The summed E-state index contributed by atoms with van der Waals surface area (Å²) >= 11 is 0. The van der Waals surface area contributed by atoms with E-state index in [1.807, 2.05) is 32.0 Å². The minimum Gasteiger partial charge on any atom is -0.311 e. The van der Waals surface area contributed by atoms with Crippen molar-refractivity contribution in [2.45, 2.75) is 26.8 Å². The van der Waals surface area contributed by atoms with Crippen LogP contribution in [0.1, 0.15) is 24.7 Å². The Morgan fingerprint density at radius 3 is 2.93 bits per heavy atom. The third kappa shape index (κ3) is 4.19. The minimum atomic E-state index is 0.842. The van der Waals surface area contributed by atoms with E-state index in [4.69, 9.17) is 0 Å². The first-order chi connectivity index (χ1) is 6.68. The van der Waals surface area contributed by atoms with Crippen molar-refractivity contribution in [1.82, 2.24) is 10.3 Å². The molecule has 0 aliphatic carbocycles. The number of aromatic nitrogens is 1. The normalized spacial score (nSPS) is 10.1. The zero-order valence-corrected chi connectivity index (χ0v) is 9.01. The average molecular weight is 190 g/mol. The number of nitrogens with one attached hydrogen (secondary N) is 1. The Balaban J connectivity index is 2.28. The Morgan fingerprint density at radius 2 is 2.29 bits per heavy atom. The summed E-state index contributed by atoms with van der Waals surface area (Å²) in [5, 5.41) is 3.34. The number of pyridine rings is 1. The molecule has 0 fully saturated rings. The van der Waals surface area contributed by atoms with Gasteiger partial charge in [0.15, 0.2) is 0 Å². The van der Waals surface area contributed by atoms with Gasteiger partial charge in [-0.05, 0) is 38.9 Å². The van der Waals surface area contributed by atoms with Gasteiger partial charge in [0.25, 0.3) is 0 Å². The number of aryl methyl sites for hydroxylation is 1. The van der Waals surface area contributed by atoms with Gasteiger partial charge < -0.3 is 5.32 Å². The summed E-state index contributed by atoms with van der Waals surface area (Å²) in [6.07, 6.45) is 1.03. The van der Waals surface area contributed by atoms with Crippen molar-refractivity contribution in [3.8, 4) is 0 Å². The first kappa shape index (κ1) is 10.9. The smallest absolute Gasteiger partial charge is 0.0544 e. The highest BCUT2D eigenvalue weighted by atomic mass is 14.9. The molecular formula is C12H18N2. The van der Waals surface area contributed by atoms with Crippen molar-refractivity contribution in [3.05, 3.63) is 41.7 Å². The van der Waals surface area contributed by atoms with E-state index in [2.05, 4.69) is 16.9 Å². The van der Waals surface area contributed by atoms with Crippen molar-refractivity contribution in [3.63, 3.8) is 0 Å². The third-order valence-corrected chi connectivity index (χ3v) is 1.98. The summed E-state index contributed by atoms with van der Waals surface area (Å²) in [4.78, 5) is 4.40. The molecule has 0 atom stereocenters. The predicted molar refractivity (Wildman–Crippen MR) is 60.1 cm³/mol. The maximum Gasteiger partial charge on any atom is 0.0544 e. The molecule has 0 saturated heterocycles. The Labute approximate surface area is 86.1 Å². The monoisotopic (exact) mass is 190 g/mol. The van der Waals surface area contributed by atoms with Gasteiger partial charge in [0.05, 0.1) is 5.69 Å². The molecule has 0 bridgehead atoms. The van der Waals surface area contributed by atoms with Gasteiger partial charge >= 0.3 is 0 Å². The summed E-state index contributed by atoms with van der Waals surface area (Å²) < 4.78 is 0. The van der Waals surface area contributed by atoms with E-state index < -0.39 is 0 Å². The van der Waals surface area contributed by atoms with Gasteiger partial charge in [-0.15, -0.1) is 6.58 Å². The molecule has 0 aliphatic rings. The number of rotatable bonds is 5. The second kappa shape index (κ2) is 5.55. The van der Waals surface area contributed by atoms with Gasteiger partial charge in [0.1, 0.15) is 0 Å². The highest BCUT2D eigenvalue weighted by Crippen LogP contribution is 1.98. The molecule has 76 valence electrons. The molecule has 14 heavy (non-hydrogen) atoms. The van der Waals surface area contributed by atoms with E-state index in [1.54, 1.807) is 0 Å². The van der Waals surface area contributed by atoms with Crippen LogP contribution in [0.5, 0.6) is 0 Å². The Hall–Kier alpha value is -1.15. The third-order valence-electron chi connectivity index (χ3n) is 1.98. The van der Waals surface area contributed by atoms with Crippen molar-refractivity contribution in [2.24, 2.45) is 0 Å². The van der Waals surface area contributed by atoms with E-state index in [9.17, 15) is 0 Å². The summed E-state index contributed by atoms with van der Waals surface area (Å²) in [6, 6.07) is 6.09. The highest BCUT2D eigenvalue weighted by Gasteiger charge is 1.94. The zero-order chi connectivity index (χ0) is 10.4. The number of hydrogen-bond acceptors (Lipinski definition) is 2. The maximum atomic E-state index is 4.40. The summed E-state index contributed by atoms with van der Waals surface area (Å²) in [5.41, 5.74) is 3.39. The number of hydrogen-bond donors (Lipinski definition) is 1. The van der Waals surface area contributed by atoms with Crippen molar-refractivity contribution in [2.75, 3.05) is 6.54 Å². The fourth-order valence-electron chi connectivity index (χ4n) is 1.22. The molecule has 1 heterocycles. The van der Waals surface area contributed by atoms with Crippen LogP contribution < -0.4 is 5.32 Å². The molecule has 1 N–H and O–H groups in total. The van der Waals surface area contributed by atoms with E-state index in [1.165, 1.54) is 5.57 Å². The molecule has 2 nitrogen and oxygen atoms in total. The van der Waals surface area contributed by atoms with Gasteiger partial charge in [-0.3, -0.25) is 4.98 Å². The molecular weight excluding hydrogens is 172 g/mol. The van der Waals surface area contributed by atoms with E-state index >= 15 is 0 Å². The molecule has 1 rings (SSSR count). The second-order valence-electron chi connectivity index (χ2n) is 3.65. The lowest BCUT2D eigenvalue weighted by Gasteiger charge is -2.04. The lowest BCUT2D eigenvalue weighted by atomic mass is 10.2. The first-order valence-corrected chi connectivity index (χ1v) is 4.96. The molecule has 0 spiro atoms. The van der Waals surface area contributed by atoms with Crippen LogP contribution >= 0.6 is 0 Å². The van der Waals surface area contributed by atoms with Crippen molar-refractivity contribution < 1.29 is 0 Å². The van der Waals surface area contributed by atoms with Gasteiger partial charge in [-0.1, -0.05) is 11.6 Å². The summed E-state index contributed by atoms with van der Waals surface area (Å²) in [6.45, 7) is 9.74. The molecule has 0 unspecified atom stereocenters. The number of nitrogens with zero attached hydrogens (tertiary/aromatic N) is 1. The zero-order valence-electron chi connectivity index (χ0n) is 9.01. The van der Waals surface area contributed by atoms with E-state index in [0.29, 0.717) is 0 Å². The van der Waals surface area contributed by atoms with Crippen LogP contribution in [0, 0.1) is 6.92 Å². The average Bonchev–Trinajstić information content (AvgIpc) is 2.12. The molecule has 0 radical (unpaired) electrons. The lowest BCUT2D eigenvalue weighted by molar-refractivity contribution is 0.671. The Bertz CT molecular complexity index is 305. The molecule has 0 saturated carbocycles. The molecule has 1 aromatic rings. The summed E-state index contributed by atoms with van der Waals surface area (Å²) in [7, 11) is 0. The topological polar surface area (TPSA) is 24.9 Å². The highest BCUT2D eigenvalue weighted by molar-refractivity contribution is 5.09. The van der Waals surface area contributed by atoms with Crippen LogP contribution in [0.15, 0.2) is 30.4 Å². The SMILES string of the molecule is C=C(C)CCNCc1cccc(C)n1. The molecule has 0 aliphatic heterocycles. The Kier molecular flexibility index (Phi) is 4.33. The largest absolute Gasteiger partial charge is 0.311 e. The fourth-order valence-corrected chi connectivity index (χ4v) is 1.22. The molecule has 1 aromatic heterocycles. The van der Waals surface area contributed by atoms with Crippen LogP contribution in [0.25, 0.3) is 0 Å². The van der Waals surface area contributed by atoms with Crippen LogP contribution in [-0.4, -0.2) is 11.5 Å². The van der Waals surface area contributed by atoms with Gasteiger partial charge in [-0.2, -0.15) is 0 Å². The van der Waals surface area contributed by atoms with E-state index in [-0.39, 0.29) is 0 Å². The van der Waals surface area contributed by atoms with E-state index in [0.717, 1.165) is 30.9 Å². The van der Waals surface area contributed by atoms with Crippen LogP contribution in [0.4, 0.5) is 0 Å². The lowest BCUT2D eigenvalue weighted by Crippen LogP contribution is -2.15. The van der Waals surface area contributed by atoms with Crippen LogP contribution in [-0.2, 0) is 6.54 Å². The first-order valence-electron chi connectivity index (χ1n) is 4.96. The molecule has 0 amide bonds. The molecule has 0 aromatic carbocycles. The standard InChI is InChI=1S/C12H18N2/c1-10(2)7-8-13-9-12-6-4-5-11(3)14-12/h4-6,13H,1,7-9H2,2-3H3. The van der Waals surface area contributed by atoms with Crippen molar-refractivity contribution in [1.29, 1.82) is 0 Å². The van der Waals surface area contributed by atoms with Crippen LogP contribution in [0.3, 0.4) is 0 Å². The predicted octanol–water partition coefficient (Wildman–Crippen LogP) is 2.45. The quantitative estimate of drug-likeness (QED) is 0.570. The maximum absolute atomic E-state index is 4.40. The fraction of sp³-hybridized carbons (Fsp3) is 0.417. The molecule has 2 heteroatoms.